The first-order chi connectivity index (χ1) is 17.8. The molecule has 1 aliphatic rings. The van der Waals surface area contributed by atoms with E-state index in [1.165, 1.54) is 12.0 Å². The zero-order chi connectivity index (χ0) is 26.7. The Bertz CT molecular complexity index is 1340. The van der Waals surface area contributed by atoms with Gasteiger partial charge in [-0.25, -0.2) is 9.78 Å². The molecule has 0 bridgehead atoms. The molecule has 3 aromatic rings. The molecule has 4 rings (SSSR count). The maximum Gasteiger partial charge on any atom is 0.354 e. The number of rotatable bonds is 9. The van der Waals surface area contributed by atoms with E-state index in [9.17, 15) is 19.5 Å². The summed E-state index contributed by atoms with van der Waals surface area (Å²) < 4.78 is 12.3. The van der Waals surface area contributed by atoms with Crippen LogP contribution in [0.1, 0.15) is 52.3 Å². The maximum atomic E-state index is 13.3. The number of imidazole rings is 1. The summed E-state index contributed by atoms with van der Waals surface area (Å²) in [7, 11) is 1.26. The van der Waals surface area contributed by atoms with Crippen molar-refractivity contribution in [3.8, 4) is 5.75 Å². The van der Waals surface area contributed by atoms with Gasteiger partial charge in [-0.2, -0.15) is 0 Å². The number of hydrogen-bond donors (Lipinski definition) is 2. The minimum Gasteiger partial charge on any atom is -0.507 e. The van der Waals surface area contributed by atoms with Gasteiger partial charge < -0.3 is 29.0 Å². The van der Waals surface area contributed by atoms with Crippen molar-refractivity contribution in [3.05, 3.63) is 76.6 Å². The molecule has 10 heteroatoms. The van der Waals surface area contributed by atoms with Gasteiger partial charge in [-0.3, -0.25) is 9.59 Å². The number of aliphatic hydroxyl groups is 1. The number of aromatic nitrogens is 3. The van der Waals surface area contributed by atoms with Crippen molar-refractivity contribution >= 4 is 23.4 Å². The number of esters is 1. The van der Waals surface area contributed by atoms with Gasteiger partial charge in [0.05, 0.1) is 31.7 Å². The van der Waals surface area contributed by atoms with Crippen LogP contribution in [0.25, 0.3) is 5.76 Å². The highest BCUT2D eigenvalue weighted by Crippen LogP contribution is 2.41. The van der Waals surface area contributed by atoms with E-state index in [0.29, 0.717) is 47.7 Å². The third-order valence-electron chi connectivity index (χ3n) is 6.49. The third-order valence-corrected chi connectivity index (χ3v) is 6.49. The lowest BCUT2D eigenvalue weighted by molar-refractivity contribution is -0.139. The van der Waals surface area contributed by atoms with Crippen LogP contribution < -0.4 is 4.74 Å². The molecule has 0 aliphatic carbocycles. The van der Waals surface area contributed by atoms with Gasteiger partial charge >= 0.3 is 5.97 Å². The van der Waals surface area contributed by atoms with Crippen LogP contribution in [0.5, 0.6) is 5.75 Å². The van der Waals surface area contributed by atoms with Crippen LogP contribution in [0, 0.1) is 13.8 Å². The van der Waals surface area contributed by atoms with Crippen molar-refractivity contribution in [1.29, 1.82) is 0 Å². The van der Waals surface area contributed by atoms with E-state index < -0.39 is 23.7 Å². The number of carbonyl (C=O) groups excluding carboxylic acids is 3. The molecular weight excluding hydrogens is 476 g/mol. The Hall–Kier alpha value is -4.34. The Morgan fingerprint density at radius 3 is 2.51 bits per heavy atom. The number of likely N-dealkylation sites (tertiary alicyclic amines) is 1. The lowest BCUT2D eigenvalue weighted by atomic mass is 9.94. The zero-order valence-electron chi connectivity index (χ0n) is 21.3. The topological polar surface area (TPSA) is 127 Å². The number of ether oxygens (including phenoxy) is 2. The number of nitrogens with zero attached hydrogens (tertiary/aromatic N) is 3. The van der Waals surface area contributed by atoms with Crippen LogP contribution in [-0.2, 0) is 20.9 Å². The predicted molar refractivity (Wildman–Crippen MR) is 135 cm³/mol. The number of methoxy groups -OCH3 is 1. The normalized spacial score (nSPS) is 16.9. The lowest BCUT2D eigenvalue weighted by Gasteiger charge is -2.25. The molecule has 1 amide bonds. The summed E-state index contributed by atoms with van der Waals surface area (Å²) in [5, 5.41) is 11.5. The number of carbonyl (C=O) groups is 3. The average Bonchev–Trinajstić information content (AvgIpc) is 3.57. The first kappa shape index (κ1) is 25.7. The number of ketones is 1. The Morgan fingerprint density at radius 1 is 1.16 bits per heavy atom. The highest BCUT2D eigenvalue weighted by molar-refractivity contribution is 6.46. The highest BCUT2D eigenvalue weighted by atomic mass is 16.5. The molecule has 1 aliphatic heterocycles. The van der Waals surface area contributed by atoms with E-state index in [2.05, 4.69) is 9.97 Å². The molecule has 194 valence electrons. The Labute approximate surface area is 214 Å². The Morgan fingerprint density at radius 2 is 1.89 bits per heavy atom. The number of aryl methyl sites for hydroxylation is 2. The molecule has 3 heterocycles. The summed E-state index contributed by atoms with van der Waals surface area (Å²) in [6, 6.07) is 6.30. The van der Waals surface area contributed by atoms with Gasteiger partial charge in [0.25, 0.3) is 11.7 Å². The van der Waals surface area contributed by atoms with Gasteiger partial charge in [0.15, 0.2) is 0 Å². The molecule has 0 saturated carbocycles. The maximum absolute atomic E-state index is 13.3. The van der Waals surface area contributed by atoms with Gasteiger partial charge in [0, 0.05) is 36.7 Å². The standard InChI is InChI=1S/C27H30N4O6/c1-5-37-19-9-7-18(8-10-19)23-21(24(32)20-16(2)22(27(35)36-4)29-17(20)3)25(33)26(34)31(23)13-6-12-30-14-11-28-15-30/h7-11,14-15,23,29,32H,5-6,12-13H2,1-4H3/b24-21+. The molecule has 1 unspecified atom stereocenters. The van der Waals surface area contributed by atoms with Crippen molar-refractivity contribution in [2.24, 2.45) is 0 Å². The van der Waals surface area contributed by atoms with Crippen molar-refractivity contribution < 1.29 is 29.0 Å². The predicted octanol–water partition coefficient (Wildman–Crippen LogP) is 3.53. The van der Waals surface area contributed by atoms with Gasteiger partial charge in [-0.05, 0) is 50.5 Å². The first-order valence-electron chi connectivity index (χ1n) is 12.0. The summed E-state index contributed by atoms with van der Waals surface area (Å²) in [5.74, 6) is -1.74. The number of Topliss-reactive ketones (excluding diaryl/α,β-unsaturated/α-hetero) is 1. The monoisotopic (exact) mass is 506 g/mol. The van der Waals surface area contributed by atoms with E-state index in [4.69, 9.17) is 9.47 Å². The number of H-pyrrole nitrogens is 1. The molecular formula is C27H30N4O6. The average molecular weight is 507 g/mol. The van der Waals surface area contributed by atoms with E-state index in [1.807, 2.05) is 17.7 Å². The number of amides is 1. The van der Waals surface area contributed by atoms with Gasteiger partial charge in [0.1, 0.15) is 17.2 Å². The lowest BCUT2D eigenvalue weighted by Crippen LogP contribution is -2.31. The van der Waals surface area contributed by atoms with Crippen molar-refractivity contribution in [3.63, 3.8) is 0 Å². The van der Waals surface area contributed by atoms with Crippen LogP contribution in [-0.4, -0.2) is 62.5 Å². The van der Waals surface area contributed by atoms with Gasteiger partial charge in [-0.15, -0.1) is 0 Å². The van der Waals surface area contributed by atoms with Crippen molar-refractivity contribution in [2.75, 3.05) is 20.3 Å². The van der Waals surface area contributed by atoms with Crippen LogP contribution in [0.4, 0.5) is 0 Å². The summed E-state index contributed by atoms with van der Waals surface area (Å²) in [6.45, 7) is 6.61. The quantitative estimate of drug-likeness (QED) is 0.197. The van der Waals surface area contributed by atoms with Crippen LogP contribution >= 0.6 is 0 Å². The molecule has 1 aromatic carbocycles. The zero-order valence-corrected chi connectivity index (χ0v) is 21.3. The second kappa shape index (κ2) is 10.7. The molecule has 1 saturated heterocycles. The Kier molecular flexibility index (Phi) is 7.47. The molecule has 10 nitrogen and oxygen atoms in total. The first-order valence-corrected chi connectivity index (χ1v) is 12.0. The minimum absolute atomic E-state index is 0.0293. The minimum atomic E-state index is -0.811. The van der Waals surface area contributed by atoms with Crippen LogP contribution in [0.15, 0.2) is 48.6 Å². The summed E-state index contributed by atoms with van der Waals surface area (Å²) >= 11 is 0. The smallest absolute Gasteiger partial charge is 0.354 e. The molecule has 1 fully saturated rings. The largest absolute Gasteiger partial charge is 0.507 e. The fraction of sp³-hybridized carbons (Fsp3) is 0.333. The van der Waals surface area contributed by atoms with Gasteiger partial charge in [0.2, 0.25) is 0 Å². The molecule has 1 atom stereocenters. The van der Waals surface area contributed by atoms with Crippen LogP contribution in [0.3, 0.4) is 0 Å². The Balaban J connectivity index is 1.79. The fourth-order valence-corrected chi connectivity index (χ4v) is 4.76. The second-order valence-electron chi connectivity index (χ2n) is 8.77. The van der Waals surface area contributed by atoms with E-state index in [-0.39, 0.29) is 23.6 Å². The molecule has 37 heavy (non-hydrogen) atoms. The summed E-state index contributed by atoms with van der Waals surface area (Å²) in [4.78, 5) is 47.2. The van der Waals surface area contributed by atoms with E-state index in [0.717, 1.165) is 0 Å². The number of nitrogens with one attached hydrogen (secondary N) is 1. The summed E-state index contributed by atoms with van der Waals surface area (Å²) in [6.07, 6.45) is 5.77. The fourth-order valence-electron chi connectivity index (χ4n) is 4.76. The number of hydrogen-bond acceptors (Lipinski definition) is 7. The SMILES string of the molecule is CCOc1ccc(C2/C(=C(\O)c3c(C)[nH]c(C(=O)OC)c3C)C(=O)C(=O)N2CCCn2ccnc2)cc1. The second-order valence-corrected chi connectivity index (χ2v) is 8.77. The molecule has 0 radical (unpaired) electrons. The van der Waals surface area contributed by atoms with Crippen molar-refractivity contribution in [1.82, 2.24) is 19.4 Å². The molecule has 2 N–H and O–H groups in total. The van der Waals surface area contributed by atoms with Crippen LogP contribution in [0.2, 0.25) is 0 Å². The van der Waals surface area contributed by atoms with E-state index in [1.54, 1.807) is 50.6 Å². The molecule has 0 spiro atoms. The number of aliphatic hydroxyl groups excluding tert-OH is 1. The summed E-state index contributed by atoms with van der Waals surface area (Å²) in [5.41, 5.74) is 2.01. The molecule has 2 aromatic heterocycles. The van der Waals surface area contributed by atoms with E-state index >= 15 is 0 Å². The van der Waals surface area contributed by atoms with Crippen molar-refractivity contribution in [2.45, 2.75) is 39.8 Å². The van der Waals surface area contributed by atoms with Gasteiger partial charge in [-0.1, -0.05) is 12.1 Å². The number of aromatic amines is 1. The number of benzene rings is 1. The highest BCUT2D eigenvalue weighted by Gasteiger charge is 2.46. The third kappa shape index (κ3) is 4.87.